The standard InChI is InChI=1S/C25H29N3O3/c26-24(30)20-11-13-28(14-12-20)25(31)22-17-27(15-18-7-3-1-4-8-18)16-21(22)23(29)19-9-5-2-6-10-19/h1-10,20-22H,11-17H2,(H2,26,30)/t21-,22-/m0/s1. The molecule has 0 unspecified atom stereocenters. The van der Waals surface area contributed by atoms with Crippen molar-refractivity contribution in [2.75, 3.05) is 26.2 Å². The minimum absolute atomic E-state index is 0.0211. The second-order valence-corrected chi connectivity index (χ2v) is 8.62. The van der Waals surface area contributed by atoms with Gasteiger partial charge in [0.25, 0.3) is 0 Å². The molecule has 162 valence electrons. The number of carbonyl (C=O) groups excluding carboxylic acids is 3. The highest BCUT2D eigenvalue weighted by Gasteiger charge is 2.44. The van der Waals surface area contributed by atoms with Crippen LogP contribution in [-0.4, -0.2) is 53.6 Å². The van der Waals surface area contributed by atoms with Crippen LogP contribution >= 0.6 is 0 Å². The zero-order chi connectivity index (χ0) is 21.8. The van der Waals surface area contributed by atoms with E-state index >= 15 is 0 Å². The van der Waals surface area contributed by atoms with Gasteiger partial charge in [0.05, 0.1) is 5.92 Å². The van der Waals surface area contributed by atoms with E-state index in [-0.39, 0.29) is 35.4 Å². The van der Waals surface area contributed by atoms with Crippen molar-refractivity contribution in [2.24, 2.45) is 23.5 Å². The Bertz CT molecular complexity index is 924. The van der Waals surface area contributed by atoms with Crippen LogP contribution in [0.3, 0.4) is 0 Å². The van der Waals surface area contributed by atoms with E-state index in [0.717, 1.165) is 0 Å². The molecule has 0 aromatic heterocycles. The van der Waals surface area contributed by atoms with Crippen molar-refractivity contribution in [3.05, 3.63) is 71.8 Å². The van der Waals surface area contributed by atoms with E-state index in [1.807, 2.05) is 53.4 Å². The summed E-state index contributed by atoms with van der Waals surface area (Å²) >= 11 is 0. The van der Waals surface area contributed by atoms with Crippen molar-refractivity contribution in [3.63, 3.8) is 0 Å². The Morgan fingerprint density at radius 2 is 1.42 bits per heavy atom. The second kappa shape index (κ2) is 9.43. The molecule has 2 N–H and O–H groups in total. The van der Waals surface area contributed by atoms with Gasteiger partial charge in [-0.05, 0) is 18.4 Å². The number of nitrogens with two attached hydrogens (primary N) is 1. The minimum Gasteiger partial charge on any atom is -0.369 e. The lowest BCUT2D eigenvalue weighted by molar-refractivity contribution is -0.139. The van der Waals surface area contributed by atoms with Crippen molar-refractivity contribution in [1.29, 1.82) is 0 Å². The second-order valence-electron chi connectivity index (χ2n) is 8.62. The summed E-state index contributed by atoms with van der Waals surface area (Å²) in [5.74, 6) is -1.15. The predicted molar refractivity (Wildman–Crippen MR) is 118 cm³/mol. The maximum Gasteiger partial charge on any atom is 0.227 e. The molecule has 2 saturated heterocycles. The van der Waals surface area contributed by atoms with E-state index in [1.165, 1.54) is 5.56 Å². The molecular formula is C25H29N3O3. The van der Waals surface area contributed by atoms with Gasteiger partial charge in [0.2, 0.25) is 11.8 Å². The maximum absolute atomic E-state index is 13.5. The van der Waals surface area contributed by atoms with Gasteiger partial charge in [-0.25, -0.2) is 0 Å². The van der Waals surface area contributed by atoms with Crippen molar-refractivity contribution in [2.45, 2.75) is 19.4 Å². The van der Waals surface area contributed by atoms with Crippen molar-refractivity contribution < 1.29 is 14.4 Å². The number of hydrogen-bond acceptors (Lipinski definition) is 4. The molecule has 2 atom stereocenters. The van der Waals surface area contributed by atoms with Crippen molar-refractivity contribution in [3.8, 4) is 0 Å². The first-order valence-corrected chi connectivity index (χ1v) is 11.0. The van der Waals surface area contributed by atoms with E-state index in [0.29, 0.717) is 51.1 Å². The van der Waals surface area contributed by atoms with Crippen LogP contribution in [0.5, 0.6) is 0 Å². The van der Waals surface area contributed by atoms with E-state index in [2.05, 4.69) is 17.0 Å². The average Bonchev–Trinajstić information content (AvgIpc) is 3.23. The van der Waals surface area contributed by atoms with Gasteiger partial charge >= 0.3 is 0 Å². The molecule has 2 aliphatic rings. The van der Waals surface area contributed by atoms with Gasteiger partial charge in [-0.3, -0.25) is 19.3 Å². The number of ketones is 1. The van der Waals surface area contributed by atoms with Crippen LogP contribution in [0.1, 0.15) is 28.8 Å². The molecule has 4 rings (SSSR count). The first-order valence-electron chi connectivity index (χ1n) is 11.0. The molecule has 2 amide bonds. The maximum atomic E-state index is 13.5. The van der Waals surface area contributed by atoms with Crippen LogP contribution in [-0.2, 0) is 16.1 Å². The average molecular weight is 420 g/mol. The minimum atomic E-state index is -0.374. The van der Waals surface area contributed by atoms with Crippen molar-refractivity contribution >= 4 is 17.6 Å². The van der Waals surface area contributed by atoms with E-state index in [4.69, 9.17) is 5.73 Å². The number of amides is 2. The van der Waals surface area contributed by atoms with Gasteiger partial charge in [-0.2, -0.15) is 0 Å². The summed E-state index contributed by atoms with van der Waals surface area (Å²) in [6, 6.07) is 19.4. The number of primary amides is 1. The number of rotatable bonds is 6. The van der Waals surface area contributed by atoms with Crippen LogP contribution in [0, 0.1) is 17.8 Å². The van der Waals surface area contributed by atoms with Crippen LogP contribution < -0.4 is 5.73 Å². The van der Waals surface area contributed by atoms with Crippen molar-refractivity contribution in [1.82, 2.24) is 9.80 Å². The lowest BCUT2D eigenvalue weighted by Gasteiger charge is -2.33. The number of benzene rings is 2. The van der Waals surface area contributed by atoms with Gasteiger partial charge in [-0.1, -0.05) is 60.7 Å². The first kappa shape index (κ1) is 21.2. The monoisotopic (exact) mass is 419 g/mol. The largest absolute Gasteiger partial charge is 0.369 e. The molecule has 0 spiro atoms. The molecule has 0 radical (unpaired) electrons. The topological polar surface area (TPSA) is 83.7 Å². The summed E-state index contributed by atoms with van der Waals surface area (Å²) in [5, 5.41) is 0. The fourth-order valence-electron chi connectivity index (χ4n) is 4.81. The van der Waals surface area contributed by atoms with E-state index in [1.54, 1.807) is 0 Å². The third-order valence-electron chi connectivity index (χ3n) is 6.57. The fourth-order valence-corrected chi connectivity index (χ4v) is 4.81. The van der Waals surface area contributed by atoms with Gasteiger partial charge in [-0.15, -0.1) is 0 Å². The summed E-state index contributed by atoms with van der Waals surface area (Å²) in [6.07, 6.45) is 1.19. The highest BCUT2D eigenvalue weighted by atomic mass is 16.2. The van der Waals surface area contributed by atoms with E-state index in [9.17, 15) is 14.4 Å². The zero-order valence-corrected chi connectivity index (χ0v) is 17.7. The molecule has 2 aromatic carbocycles. The number of Topliss-reactive ketones (excluding diaryl/α,β-unsaturated/α-hetero) is 1. The quantitative estimate of drug-likeness (QED) is 0.729. The molecule has 6 heteroatoms. The number of nitrogens with zero attached hydrogens (tertiary/aromatic N) is 2. The number of carbonyl (C=O) groups is 3. The molecule has 2 heterocycles. The third kappa shape index (κ3) is 4.85. The third-order valence-corrected chi connectivity index (χ3v) is 6.57. The predicted octanol–water partition coefficient (Wildman–Crippen LogP) is 2.34. The molecule has 2 fully saturated rings. The van der Waals surface area contributed by atoms with E-state index < -0.39 is 0 Å². The normalized spacial score (nSPS) is 22.4. The number of likely N-dealkylation sites (tertiary alicyclic amines) is 2. The van der Waals surface area contributed by atoms with Crippen LogP contribution in [0.25, 0.3) is 0 Å². The summed E-state index contributed by atoms with van der Waals surface area (Å²) in [4.78, 5) is 42.3. The molecule has 0 aliphatic carbocycles. The summed E-state index contributed by atoms with van der Waals surface area (Å²) in [6.45, 7) is 2.89. The van der Waals surface area contributed by atoms with Crippen LogP contribution in [0.15, 0.2) is 60.7 Å². The Hall–Kier alpha value is -2.99. The lowest BCUT2D eigenvalue weighted by atomic mass is 9.86. The molecule has 2 aromatic rings. The molecule has 0 saturated carbocycles. The zero-order valence-electron chi connectivity index (χ0n) is 17.7. The van der Waals surface area contributed by atoms with Gasteiger partial charge < -0.3 is 10.6 Å². The van der Waals surface area contributed by atoms with Crippen LogP contribution in [0.2, 0.25) is 0 Å². The Balaban J connectivity index is 1.51. The van der Waals surface area contributed by atoms with Gasteiger partial charge in [0, 0.05) is 50.1 Å². The smallest absolute Gasteiger partial charge is 0.227 e. The van der Waals surface area contributed by atoms with Gasteiger partial charge in [0.1, 0.15) is 0 Å². The summed E-state index contributed by atoms with van der Waals surface area (Å²) in [5.41, 5.74) is 7.26. The molecule has 2 aliphatic heterocycles. The summed E-state index contributed by atoms with van der Waals surface area (Å²) < 4.78 is 0. The summed E-state index contributed by atoms with van der Waals surface area (Å²) in [7, 11) is 0. The Labute approximate surface area is 183 Å². The lowest BCUT2D eigenvalue weighted by Crippen LogP contribution is -2.46. The molecule has 31 heavy (non-hydrogen) atoms. The van der Waals surface area contributed by atoms with Crippen LogP contribution in [0.4, 0.5) is 0 Å². The Morgan fingerprint density at radius 3 is 2.03 bits per heavy atom. The van der Waals surface area contributed by atoms with Gasteiger partial charge in [0.15, 0.2) is 5.78 Å². The first-order chi connectivity index (χ1) is 15.0. The molecule has 6 nitrogen and oxygen atoms in total. The number of piperidine rings is 1. The Kier molecular flexibility index (Phi) is 6.47. The molecule has 0 bridgehead atoms. The number of hydrogen-bond donors (Lipinski definition) is 1. The fraction of sp³-hybridized carbons (Fsp3) is 0.400. The Morgan fingerprint density at radius 1 is 0.839 bits per heavy atom. The highest BCUT2D eigenvalue weighted by Crippen LogP contribution is 2.31. The highest BCUT2D eigenvalue weighted by molar-refractivity contribution is 6.01. The molecular weight excluding hydrogens is 390 g/mol. The SMILES string of the molecule is NC(=O)C1CCN(C(=O)[C@H]2CN(Cc3ccccc3)C[C@@H]2C(=O)c2ccccc2)CC1.